The fourth-order valence-corrected chi connectivity index (χ4v) is 7.15. The molecular weight excluding hydrogens is 709 g/mol. The number of carbonyl (C=O) groups is 3. The van der Waals surface area contributed by atoms with E-state index in [9.17, 15) is 14.4 Å². The minimum absolute atomic E-state index is 0.0731. The van der Waals surface area contributed by atoms with Crippen molar-refractivity contribution >= 4 is 17.9 Å². The molecule has 0 amide bonds. The van der Waals surface area contributed by atoms with Gasteiger partial charge in [0.2, 0.25) is 0 Å². The summed E-state index contributed by atoms with van der Waals surface area (Å²) < 4.78 is 16.7. The van der Waals surface area contributed by atoms with Crippen LogP contribution in [0, 0.1) is 0 Å². The van der Waals surface area contributed by atoms with Gasteiger partial charge in [-0.15, -0.1) is 0 Å². The van der Waals surface area contributed by atoms with Crippen LogP contribution >= 0.6 is 0 Å². The average molecular weight is 803 g/mol. The molecule has 0 spiro atoms. The summed E-state index contributed by atoms with van der Waals surface area (Å²) in [7, 11) is 0. The van der Waals surface area contributed by atoms with Crippen LogP contribution in [0.1, 0.15) is 265 Å². The van der Waals surface area contributed by atoms with Gasteiger partial charge in [-0.05, 0) is 64.2 Å². The molecule has 1 atom stereocenters. The highest BCUT2D eigenvalue weighted by molar-refractivity contribution is 5.71. The molecular formula is C51H94O6. The van der Waals surface area contributed by atoms with Gasteiger partial charge in [0.1, 0.15) is 13.2 Å². The first-order valence-electron chi connectivity index (χ1n) is 24.8. The molecule has 1 unspecified atom stereocenters. The van der Waals surface area contributed by atoms with Crippen molar-refractivity contribution in [2.24, 2.45) is 0 Å². The normalized spacial score (nSPS) is 12.1. The van der Waals surface area contributed by atoms with Crippen molar-refractivity contribution in [3.63, 3.8) is 0 Å². The van der Waals surface area contributed by atoms with Gasteiger partial charge in [-0.3, -0.25) is 14.4 Å². The summed E-state index contributed by atoms with van der Waals surface area (Å²) in [6, 6.07) is 0. The molecule has 0 aliphatic rings. The van der Waals surface area contributed by atoms with E-state index in [0.717, 1.165) is 70.6 Å². The highest BCUT2D eigenvalue weighted by Crippen LogP contribution is 2.15. The molecule has 0 aromatic heterocycles. The van der Waals surface area contributed by atoms with Crippen LogP contribution in [0.25, 0.3) is 0 Å². The zero-order valence-corrected chi connectivity index (χ0v) is 38.1. The second kappa shape index (κ2) is 46.6. The summed E-state index contributed by atoms with van der Waals surface area (Å²) in [5, 5.41) is 0. The van der Waals surface area contributed by atoms with E-state index in [1.54, 1.807) is 0 Å². The Balaban J connectivity index is 4.28. The minimum atomic E-state index is -0.769. The Bertz CT molecular complexity index is 927. The van der Waals surface area contributed by atoms with E-state index in [2.05, 4.69) is 45.1 Å². The zero-order chi connectivity index (χ0) is 41.5. The SMILES string of the molecule is CCC/C=C\CCCCCCCC(=O)OCC(COC(=O)CCCCCCCCC/C=C\CCCCCCCCC)OC(=O)CCCCCCCCCCCCC. The largest absolute Gasteiger partial charge is 0.462 e. The van der Waals surface area contributed by atoms with Crippen molar-refractivity contribution < 1.29 is 28.6 Å². The van der Waals surface area contributed by atoms with Gasteiger partial charge in [0.25, 0.3) is 0 Å². The minimum Gasteiger partial charge on any atom is -0.462 e. The molecule has 0 aromatic rings. The Labute approximate surface area is 353 Å². The van der Waals surface area contributed by atoms with Crippen molar-refractivity contribution in [1.82, 2.24) is 0 Å². The van der Waals surface area contributed by atoms with Crippen LogP contribution in [0.15, 0.2) is 24.3 Å². The molecule has 0 aromatic carbocycles. The number of hydrogen-bond donors (Lipinski definition) is 0. The molecule has 6 heteroatoms. The summed E-state index contributed by atoms with van der Waals surface area (Å²) in [5.74, 6) is -0.880. The first-order chi connectivity index (χ1) is 28.0. The van der Waals surface area contributed by atoms with E-state index in [1.807, 2.05) is 0 Å². The Morgan fingerprint density at radius 1 is 0.333 bits per heavy atom. The quantitative estimate of drug-likeness (QED) is 0.0264. The number of hydrogen-bond acceptors (Lipinski definition) is 6. The maximum Gasteiger partial charge on any atom is 0.306 e. The molecule has 334 valence electrons. The average Bonchev–Trinajstić information content (AvgIpc) is 3.21. The van der Waals surface area contributed by atoms with Crippen LogP contribution in [-0.4, -0.2) is 37.2 Å². The first-order valence-corrected chi connectivity index (χ1v) is 24.8. The number of allylic oxidation sites excluding steroid dienone is 4. The standard InChI is InChI=1S/C51H94O6/c1-4-7-10-13-16-19-22-23-24-25-26-27-28-30-32-35-38-41-44-50(53)56-47-48(46-55-49(52)43-40-37-34-31-21-18-15-12-9-6-3)57-51(54)45-42-39-36-33-29-20-17-14-11-8-5-2/h12,15,24-25,48H,4-11,13-14,16-23,26-47H2,1-3H3/b15-12-,25-24-. The Hall–Kier alpha value is -2.11. The Kier molecular flexibility index (Phi) is 44.9. The number of unbranched alkanes of at least 4 members (excludes halogenated alkanes) is 30. The maximum atomic E-state index is 12.7. The lowest BCUT2D eigenvalue weighted by atomic mass is 10.1. The third-order valence-corrected chi connectivity index (χ3v) is 10.9. The van der Waals surface area contributed by atoms with E-state index in [-0.39, 0.29) is 31.1 Å². The monoisotopic (exact) mass is 803 g/mol. The fourth-order valence-electron chi connectivity index (χ4n) is 7.15. The van der Waals surface area contributed by atoms with Gasteiger partial charge >= 0.3 is 17.9 Å². The van der Waals surface area contributed by atoms with E-state index >= 15 is 0 Å². The van der Waals surface area contributed by atoms with Gasteiger partial charge in [-0.25, -0.2) is 0 Å². The summed E-state index contributed by atoms with van der Waals surface area (Å²) in [6.45, 7) is 6.57. The molecule has 57 heavy (non-hydrogen) atoms. The third-order valence-electron chi connectivity index (χ3n) is 10.9. The maximum absolute atomic E-state index is 12.7. The molecule has 0 rings (SSSR count). The van der Waals surface area contributed by atoms with Gasteiger partial charge in [-0.1, -0.05) is 206 Å². The van der Waals surface area contributed by atoms with Crippen molar-refractivity contribution in [2.75, 3.05) is 13.2 Å². The van der Waals surface area contributed by atoms with Crippen LogP contribution in [0.4, 0.5) is 0 Å². The van der Waals surface area contributed by atoms with E-state index in [1.165, 1.54) is 154 Å². The predicted octanol–water partition coefficient (Wildman–Crippen LogP) is 16.0. The smallest absolute Gasteiger partial charge is 0.306 e. The van der Waals surface area contributed by atoms with Crippen molar-refractivity contribution in [3.05, 3.63) is 24.3 Å². The second-order valence-electron chi connectivity index (χ2n) is 16.7. The Morgan fingerprint density at radius 2 is 0.614 bits per heavy atom. The molecule has 0 aliphatic heterocycles. The van der Waals surface area contributed by atoms with E-state index in [0.29, 0.717) is 19.3 Å². The molecule has 0 N–H and O–H groups in total. The molecule has 0 bridgehead atoms. The summed E-state index contributed by atoms with van der Waals surface area (Å²) in [4.78, 5) is 37.8. The lowest BCUT2D eigenvalue weighted by Crippen LogP contribution is -2.30. The van der Waals surface area contributed by atoms with Crippen molar-refractivity contribution in [3.8, 4) is 0 Å². The number of carbonyl (C=O) groups excluding carboxylic acids is 3. The van der Waals surface area contributed by atoms with Crippen molar-refractivity contribution in [1.29, 1.82) is 0 Å². The fraction of sp³-hybridized carbons (Fsp3) is 0.863. The van der Waals surface area contributed by atoms with E-state index in [4.69, 9.17) is 14.2 Å². The number of ether oxygens (including phenoxy) is 3. The van der Waals surface area contributed by atoms with Crippen LogP contribution in [0.5, 0.6) is 0 Å². The highest BCUT2D eigenvalue weighted by atomic mass is 16.6. The van der Waals surface area contributed by atoms with Gasteiger partial charge in [0, 0.05) is 19.3 Å². The highest BCUT2D eigenvalue weighted by Gasteiger charge is 2.19. The summed E-state index contributed by atoms with van der Waals surface area (Å²) in [5.41, 5.74) is 0. The van der Waals surface area contributed by atoms with Gasteiger partial charge < -0.3 is 14.2 Å². The molecule has 0 radical (unpaired) electrons. The van der Waals surface area contributed by atoms with Crippen LogP contribution in [-0.2, 0) is 28.6 Å². The van der Waals surface area contributed by atoms with Gasteiger partial charge in [-0.2, -0.15) is 0 Å². The summed E-state index contributed by atoms with van der Waals surface area (Å²) in [6.07, 6.45) is 51.6. The lowest BCUT2D eigenvalue weighted by Gasteiger charge is -2.18. The second-order valence-corrected chi connectivity index (χ2v) is 16.7. The van der Waals surface area contributed by atoms with Crippen molar-refractivity contribution in [2.45, 2.75) is 271 Å². The third kappa shape index (κ3) is 44.8. The van der Waals surface area contributed by atoms with Gasteiger partial charge in [0.05, 0.1) is 0 Å². The van der Waals surface area contributed by atoms with Crippen LogP contribution < -0.4 is 0 Å². The molecule has 0 saturated heterocycles. The first kappa shape index (κ1) is 54.9. The van der Waals surface area contributed by atoms with E-state index < -0.39 is 6.10 Å². The van der Waals surface area contributed by atoms with Crippen LogP contribution in [0.3, 0.4) is 0 Å². The lowest BCUT2D eigenvalue weighted by molar-refractivity contribution is -0.167. The molecule has 0 saturated carbocycles. The topological polar surface area (TPSA) is 78.9 Å². The van der Waals surface area contributed by atoms with Crippen LogP contribution in [0.2, 0.25) is 0 Å². The molecule has 0 aliphatic carbocycles. The number of rotatable bonds is 45. The molecule has 6 nitrogen and oxygen atoms in total. The predicted molar refractivity (Wildman–Crippen MR) is 243 cm³/mol. The molecule has 0 fully saturated rings. The summed E-state index contributed by atoms with van der Waals surface area (Å²) >= 11 is 0. The Morgan fingerprint density at radius 3 is 0.947 bits per heavy atom. The molecule has 0 heterocycles. The zero-order valence-electron chi connectivity index (χ0n) is 38.1. The van der Waals surface area contributed by atoms with Gasteiger partial charge in [0.15, 0.2) is 6.10 Å². The number of esters is 3.